The van der Waals surface area contributed by atoms with Crippen LogP contribution in [-0.4, -0.2) is 16.0 Å². The van der Waals surface area contributed by atoms with Crippen LogP contribution in [0.3, 0.4) is 0 Å². The van der Waals surface area contributed by atoms with Crippen molar-refractivity contribution in [3.8, 4) is 5.75 Å². The van der Waals surface area contributed by atoms with Crippen LogP contribution < -0.4 is 4.74 Å². The van der Waals surface area contributed by atoms with Gasteiger partial charge in [0.05, 0.1) is 13.1 Å². The largest absolute Gasteiger partial charge is 0.446 e. The molecule has 0 N–H and O–H groups in total. The summed E-state index contributed by atoms with van der Waals surface area (Å²) < 4.78 is 11.5. The third-order valence-electron chi connectivity index (χ3n) is 3.07. The first kappa shape index (κ1) is 12.2. The number of fused-ring (bicyclic) bond motifs is 1. The summed E-state index contributed by atoms with van der Waals surface area (Å²) in [5, 5.41) is 0. The van der Waals surface area contributed by atoms with Gasteiger partial charge in [0.15, 0.2) is 6.39 Å². The summed E-state index contributed by atoms with van der Waals surface area (Å²) in [6.07, 6.45) is 1.00. The molecule has 0 spiro atoms. The van der Waals surface area contributed by atoms with Crippen LogP contribution in [0.2, 0.25) is 0 Å². The van der Waals surface area contributed by atoms with Crippen molar-refractivity contribution in [3.63, 3.8) is 0 Å². The Hall–Kier alpha value is -1.82. The Morgan fingerprint density at radius 3 is 3.11 bits per heavy atom. The Morgan fingerprint density at radius 2 is 2.32 bits per heavy atom. The Bertz CT molecular complexity index is 618. The second-order valence-corrected chi connectivity index (χ2v) is 5.16. The zero-order valence-corrected chi connectivity index (χ0v) is 11.8. The van der Waals surface area contributed by atoms with Crippen LogP contribution >= 0.6 is 15.9 Å². The molecule has 2 heterocycles. The smallest absolute Gasteiger partial charge is 0.416 e. The molecule has 1 aliphatic rings. The molecule has 0 unspecified atom stereocenters. The lowest BCUT2D eigenvalue weighted by Gasteiger charge is -2.16. The molecule has 19 heavy (non-hydrogen) atoms. The van der Waals surface area contributed by atoms with Crippen LogP contribution in [-0.2, 0) is 13.1 Å². The molecule has 1 aliphatic heterocycles. The fourth-order valence-corrected chi connectivity index (χ4v) is 2.30. The Balaban J connectivity index is 1.73. The van der Waals surface area contributed by atoms with Crippen molar-refractivity contribution in [2.75, 3.05) is 0 Å². The quantitative estimate of drug-likeness (QED) is 0.808. The predicted octanol–water partition coefficient (Wildman–Crippen LogP) is 3.26. The number of carbonyl (C=O) groups excluding carboxylic acids is 1. The van der Waals surface area contributed by atoms with Gasteiger partial charge in [-0.2, -0.15) is 0 Å². The average Bonchev–Trinajstić information content (AvgIpc) is 2.95. The van der Waals surface area contributed by atoms with Crippen LogP contribution in [0.4, 0.5) is 4.79 Å². The molecule has 1 aromatic heterocycles. The van der Waals surface area contributed by atoms with Crippen molar-refractivity contribution in [1.82, 2.24) is 9.88 Å². The lowest BCUT2D eigenvalue weighted by atomic mass is 10.2. The predicted molar refractivity (Wildman–Crippen MR) is 70.7 cm³/mol. The second-order valence-electron chi connectivity index (χ2n) is 4.31. The standard InChI is InChI=1S/C13H11BrN2O3/c1-8-9(14)3-2-4-11(8)19-13(17)16-5-10-12(6-16)18-7-15-10/h2-4,7H,5-6H2,1H3. The van der Waals surface area contributed by atoms with E-state index in [1.807, 2.05) is 19.1 Å². The first-order chi connectivity index (χ1) is 9.15. The molecule has 1 aromatic carbocycles. The Kier molecular flexibility index (Phi) is 3.02. The van der Waals surface area contributed by atoms with Gasteiger partial charge in [-0.3, -0.25) is 4.90 Å². The van der Waals surface area contributed by atoms with E-state index in [-0.39, 0.29) is 0 Å². The number of hydrogen-bond donors (Lipinski definition) is 0. The molecule has 0 atom stereocenters. The molecule has 0 radical (unpaired) electrons. The summed E-state index contributed by atoms with van der Waals surface area (Å²) in [6.45, 7) is 2.72. The third kappa shape index (κ3) is 2.23. The number of hydrogen-bond acceptors (Lipinski definition) is 4. The molecule has 6 heteroatoms. The van der Waals surface area contributed by atoms with E-state index in [4.69, 9.17) is 9.15 Å². The summed E-state index contributed by atoms with van der Waals surface area (Å²) in [4.78, 5) is 17.7. The highest BCUT2D eigenvalue weighted by molar-refractivity contribution is 9.10. The molecule has 0 fully saturated rings. The number of aromatic nitrogens is 1. The normalized spacial score (nSPS) is 13.5. The molecule has 5 nitrogen and oxygen atoms in total. The number of amides is 1. The van der Waals surface area contributed by atoms with Gasteiger partial charge >= 0.3 is 6.09 Å². The van der Waals surface area contributed by atoms with Gasteiger partial charge in [-0.25, -0.2) is 9.78 Å². The van der Waals surface area contributed by atoms with Gasteiger partial charge in [0, 0.05) is 10.0 Å². The van der Waals surface area contributed by atoms with Crippen molar-refractivity contribution < 1.29 is 13.9 Å². The van der Waals surface area contributed by atoms with Crippen molar-refractivity contribution in [1.29, 1.82) is 0 Å². The van der Waals surface area contributed by atoms with Crippen LogP contribution in [0.15, 0.2) is 33.5 Å². The van der Waals surface area contributed by atoms with Crippen molar-refractivity contribution in [2.24, 2.45) is 0 Å². The maximum atomic E-state index is 12.1. The zero-order valence-electron chi connectivity index (χ0n) is 10.2. The minimum Gasteiger partial charge on any atom is -0.446 e. The molecule has 0 saturated carbocycles. The van der Waals surface area contributed by atoms with Gasteiger partial charge in [-0.05, 0) is 19.1 Å². The topological polar surface area (TPSA) is 55.6 Å². The van der Waals surface area contributed by atoms with Gasteiger partial charge < -0.3 is 9.15 Å². The molecular weight excluding hydrogens is 312 g/mol. The maximum absolute atomic E-state index is 12.1. The molecule has 3 rings (SSSR count). The van der Waals surface area contributed by atoms with Crippen LogP contribution in [0.5, 0.6) is 5.75 Å². The van der Waals surface area contributed by atoms with Crippen molar-refractivity contribution >= 4 is 22.0 Å². The lowest BCUT2D eigenvalue weighted by molar-refractivity contribution is 0.149. The van der Waals surface area contributed by atoms with Gasteiger partial charge in [-0.1, -0.05) is 22.0 Å². The third-order valence-corrected chi connectivity index (χ3v) is 3.93. The molecule has 0 bridgehead atoms. The number of halogens is 1. The molecule has 0 saturated heterocycles. The summed E-state index contributed by atoms with van der Waals surface area (Å²) in [5.41, 5.74) is 1.69. The van der Waals surface area contributed by atoms with E-state index in [1.165, 1.54) is 6.39 Å². The molecular formula is C13H11BrN2O3. The minimum atomic E-state index is -0.394. The monoisotopic (exact) mass is 322 g/mol. The summed E-state index contributed by atoms with van der Waals surface area (Å²) in [6, 6.07) is 5.50. The number of rotatable bonds is 1. The van der Waals surface area contributed by atoms with Crippen LogP contribution in [0.25, 0.3) is 0 Å². The van der Waals surface area contributed by atoms with Gasteiger partial charge in [0.1, 0.15) is 17.2 Å². The second kappa shape index (κ2) is 4.70. The van der Waals surface area contributed by atoms with Gasteiger partial charge in [0.25, 0.3) is 0 Å². The fraction of sp³-hybridized carbons (Fsp3) is 0.231. The number of oxazole rings is 1. The van der Waals surface area contributed by atoms with Crippen LogP contribution in [0, 0.1) is 6.92 Å². The van der Waals surface area contributed by atoms with Crippen molar-refractivity contribution in [2.45, 2.75) is 20.0 Å². The van der Waals surface area contributed by atoms with E-state index in [9.17, 15) is 4.79 Å². The van der Waals surface area contributed by atoms with E-state index in [0.717, 1.165) is 21.5 Å². The average molecular weight is 323 g/mol. The summed E-state index contributed by atoms with van der Waals surface area (Å²) in [5.74, 6) is 1.28. The highest BCUT2D eigenvalue weighted by atomic mass is 79.9. The van der Waals surface area contributed by atoms with Gasteiger partial charge in [-0.15, -0.1) is 0 Å². The van der Waals surface area contributed by atoms with E-state index in [0.29, 0.717) is 18.8 Å². The van der Waals surface area contributed by atoms with E-state index in [2.05, 4.69) is 20.9 Å². The highest BCUT2D eigenvalue weighted by Crippen LogP contribution is 2.27. The summed E-state index contributed by atoms with van der Waals surface area (Å²) in [7, 11) is 0. The van der Waals surface area contributed by atoms with Crippen molar-refractivity contribution in [3.05, 3.63) is 46.1 Å². The van der Waals surface area contributed by atoms with Crippen LogP contribution in [0.1, 0.15) is 17.0 Å². The maximum Gasteiger partial charge on any atom is 0.416 e. The first-order valence-electron chi connectivity index (χ1n) is 5.78. The molecule has 98 valence electrons. The number of nitrogens with zero attached hydrogens (tertiary/aromatic N) is 2. The molecule has 2 aromatic rings. The SMILES string of the molecule is Cc1c(Br)cccc1OC(=O)N1Cc2ncoc2C1. The number of carbonyl (C=O) groups is 1. The van der Waals surface area contributed by atoms with E-state index >= 15 is 0 Å². The minimum absolute atomic E-state index is 0.394. The highest BCUT2D eigenvalue weighted by Gasteiger charge is 2.28. The van der Waals surface area contributed by atoms with E-state index < -0.39 is 6.09 Å². The first-order valence-corrected chi connectivity index (χ1v) is 6.57. The fourth-order valence-electron chi connectivity index (χ4n) is 1.95. The number of benzene rings is 1. The molecule has 1 amide bonds. The number of ether oxygens (including phenoxy) is 1. The van der Waals surface area contributed by atoms with E-state index in [1.54, 1.807) is 11.0 Å². The molecule has 0 aliphatic carbocycles. The summed E-state index contributed by atoms with van der Waals surface area (Å²) >= 11 is 3.41. The zero-order chi connectivity index (χ0) is 13.4. The van der Waals surface area contributed by atoms with Gasteiger partial charge in [0.2, 0.25) is 0 Å². The Labute approximate surface area is 118 Å². The lowest BCUT2D eigenvalue weighted by Crippen LogP contribution is -2.28. The Morgan fingerprint density at radius 1 is 1.47 bits per heavy atom.